The van der Waals surface area contributed by atoms with Crippen LogP contribution in [0.3, 0.4) is 0 Å². The van der Waals surface area contributed by atoms with Crippen LogP contribution in [0.15, 0.2) is 12.1 Å². The Kier molecular flexibility index (Phi) is 4.56. The summed E-state index contributed by atoms with van der Waals surface area (Å²) in [5, 5.41) is 22.1. The summed E-state index contributed by atoms with van der Waals surface area (Å²) in [6.07, 6.45) is 0.265. The van der Waals surface area contributed by atoms with Gasteiger partial charge in [-0.1, -0.05) is 0 Å². The Morgan fingerprint density at radius 1 is 1.21 bits per heavy atom. The minimum Gasteiger partial charge on any atom is -0.338 e. The van der Waals surface area contributed by atoms with Crippen molar-refractivity contribution in [3.05, 3.63) is 43.5 Å². The van der Waals surface area contributed by atoms with Crippen molar-refractivity contribution in [3.8, 4) is 0 Å². The minimum atomic E-state index is -3.22. The molecule has 1 atom stereocenters. The highest BCUT2D eigenvalue weighted by Gasteiger charge is 2.34. The van der Waals surface area contributed by atoms with Crippen molar-refractivity contribution in [1.82, 2.24) is 4.90 Å². The van der Waals surface area contributed by atoms with E-state index in [0.717, 1.165) is 12.1 Å². The van der Waals surface area contributed by atoms with Crippen LogP contribution in [0.4, 0.5) is 11.4 Å². The van der Waals surface area contributed by atoms with Crippen molar-refractivity contribution in [2.24, 2.45) is 0 Å². The quantitative estimate of drug-likeness (QED) is 0.579. The lowest BCUT2D eigenvalue weighted by Crippen LogP contribution is -2.37. The summed E-state index contributed by atoms with van der Waals surface area (Å²) in [6.45, 7) is 1.23. The molecule has 0 radical (unpaired) electrons. The van der Waals surface area contributed by atoms with E-state index in [1.807, 2.05) is 0 Å². The Morgan fingerprint density at radius 3 is 2.08 bits per heavy atom. The molecule has 130 valence electrons. The molecule has 1 aromatic rings. The molecule has 0 aromatic heterocycles. The van der Waals surface area contributed by atoms with Crippen molar-refractivity contribution < 1.29 is 23.1 Å². The molecule has 10 nitrogen and oxygen atoms in total. The van der Waals surface area contributed by atoms with E-state index in [9.17, 15) is 33.4 Å². The summed E-state index contributed by atoms with van der Waals surface area (Å²) in [7, 11) is -1.84. The van der Waals surface area contributed by atoms with Crippen molar-refractivity contribution in [1.29, 1.82) is 0 Å². The first kappa shape index (κ1) is 17.8. The molecule has 0 aliphatic carbocycles. The first-order chi connectivity index (χ1) is 11.0. The number of amides is 1. The zero-order chi connectivity index (χ0) is 18.2. The number of carbonyl (C=O) groups excluding carboxylic acids is 1. The average Bonchev–Trinajstić information content (AvgIpc) is 2.85. The van der Waals surface area contributed by atoms with Crippen LogP contribution in [-0.2, 0) is 9.84 Å². The first-order valence-electron chi connectivity index (χ1n) is 6.94. The summed E-state index contributed by atoms with van der Waals surface area (Å²) in [5.41, 5.74) is -1.42. The molecule has 0 spiro atoms. The van der Waals surface area contributed by atoms with Gasteiger partial charge in [-0.05, 0) is 13.3 Å². The molecule has 1 aromatic carbocycles. The van der Waals surface area contributed by atoms with E-state index in [4.69, 9.17) is 0 Å². The molecule has 1 amide bonds. The second-order valence-electron chi connectivity index (χ2n) is 5.63. The van der Waals surface area contributed by atoms with Crippen LogP contribution in [0.25, 0.3) is 0 Å². The number of nitro groups is 2. The normalized spacial score (nSPS) is 19.0. The molecule has 24 heavy (non-hydrogen) atoms. The zero-order valence-corrected chi connectivity index (χ0v) is 13.8. The lowest BCUT2D eigenvalue weighted by molar-refractivity contribution is -0.395. The van der Waals surface area contributed by atoms with Gasteiger partial charge in [0.1, 0.15) is 5.56 Å². The fourth-order valence-electron chi connectivity index (χ4n) is 2.64. The molecular formula is C13H15N3O7S. The maximum Gasteiger partial charge on any atom is 0.279 e. The van der Waals surface area contributed by atoms with E-state index in [1.54, 1.807) is 0 Å². The van der Waals surface area contributed by atoms with Gasteiger partial charge in [-0.2, -0.15) is 0 Å². The molecule has 1 saturated heterocycles. The molecular weight excluding hydrogens is 342 g/mol. The smallest absolute Gasteiger partial charge is 0.279 e. The van der Waals surface area contributed by atoms with Gasteiger partial charge in [0.25, 0.3) is 17.3 Å². The van der Waals surface area contributed by atoms with Crippen LogP contribution in [-0.4, -0.2) is 53.7 Å². The fourth-order valence-corrected chi connectivity index (χ4v) is 4.41. The highest BCUT2D eigenvalue weighted by Crippen LogP contribution is 2.30. The van der Waals surface area contributed by atoms with Gasteiger partial charge in [-0.15, -0.1) is 0 Å². The van der Waals surface area contributed by atoms with Crippen molar-refractivity contribution >= 4 is 27.1 Å². The highest BCUT2D eigenvalue weighted by atomic mass is 32.2. The second-order valence-corrected chi connectivity index (χ2v) is 7.86. The molecule has 2 rings (SSSR count). The summed E-state index contributed by atoms with van der Waals surface area (Å²) in [5.74, 6) is -0.919. The second kappa shape index (κ2) is 6.15. The zero-order valence-electron chi connectivity index (χ0n) is 13.0. The fraction of sp³-hybridized carbons (Fsp3) is 0.462. The van der Waals surface area contributed by atoms with Gasteiger partial charge in [-0.3, -0.25) is 25.0 Å². The topological polar surface area (TPSA) is 141 Å². The van der Waals surface area contributed by atoms with Gasteiger partial charge in [0, 0.05) is 25.2 Å². The summed E-state index contributed by atoms with van der Waals surface area (Å²) in [4.78, 5) is 34.2. The van der Waals surface area contributed by atoms with Crippen LogP contribution < -0.4 is 0 Å². The van der Waals surface area contributed by atoms with E-state index in [2.05, 4.69) is 0 Å². The SMILES string of the molecule is Cc1c([N+](=O)[O-])cc(C(=O)N(C)C2CCS(=O)(=O)C2)cc1[N+](=O)[O-]. The maximum atomic E-state index is 12.5. The van der Waals surface area contributed by atoms with Crippen LogP contribution in [0.1, 0.15) is 22.3 Å². The van der Waals surface area contributed by atoms with Crippen LogP contribution in [0, 0.1) is 27.2 Å². The largest absolute Gasteiger partial charge is 0.338 e. The summed E-state index contributed by atoms with van der Waals surface area (Å²) < 4.78 is 23.0. The molecule has 1 heterocycles. The lowest BCUT2D eigenvalue weighted by Gasteiger charge is -2.23. The molecule has 0 bridgehead atoms. The first-order valence-corrected chi connectivity index (χ1v) is 8.76. The maximum absolute atomic E-state index is 12.5. The minimum absolute atomic E-state index is 0.0382. The predicted octanol–water partition coefficient (Wildman–Crippen LogP) is 1.07. The molecule has 1 aliphatic rings. The molecule has 0 saturated carbocycles. The van der Waals surface area contributed by atoms with Gasteiger partial charge < -0.3 is 4.90 Å². The van der Waals surface area contributed by atoms with Gasteiger partial charge in [0.15, 0.2) is 9.84 Å². The molecule has 0 N–H and O–H groups in total. The Labute approximate surface area is 137 Å². The number of hydrogen-bond donors (Lipinski definition) is 0. The monoisotopic (exact) mass is 357 g/mol. The number of carbonyl (C=O) groups is 1. The van der Waals surface area contributed by atoms with Gasteiger partial charge in [0.2, 0.25) is 0 Å². The van der Waals surface area contributed by atoms with Crippen LogP contribution >= 0.6 is 0 Å². The predicted molar refractivity (Wildman–Crippen MR) is 83.6 cm³/mol. The summed E-state index contributed by atoms with van der Waals surface area (Å²) in [6, 6.07) is 1.40. The standard InChI is InChI=1S/C13H15N3O7S/c1-8-11(15(18)19)5-9(6-12(8)16(20)21)13(17)14(2)10-3-4-24(22,23)7-10/h5-6,10H,3-4,7H2,1-2H3. The number of nitrogens with zero attached hydrogens (tertiary/aromatic N) is 3. The van der Waals surface area contributed by atoms with E-state index < -0.39 is 43.0 Å². The van der Waals surface area contributed by atoms with Crippen LogP contribution in [0.2, 0.25) is 0 Å². The number of hydrogen-bond acceptors (Lipinski definition) is 7. The third-order valence-corrected chi connectivity index (χ3v) is 5.82. The Morgan fingerprint density at radius 2 is 1.71 bits per heavy atom. The van der Waals surface area contributed by atoms with E-state index in [0.29, 0.717) is 0 Å². The van der Waals surface area contributed by atoms with Crippen molar-refractivity contribution in [2.45, 2.75) is 19.4 Å². The molecule has 1 aliphatic heterocycles. The third-order valence-electron chi connectivity index (χ3n) is 4.07. The molecule has 11 heteroatoms. The molecule has 1 unspecified atom stereocenters. The lowest BCUT2D eigenvalue weighted by atomic mass is 10.1. The van der Waals surface area contributed by atoms with E-state index in [-0.39, 0.29) is 29.1 Å². The number of rotatable bonds is 4. The van der Waals surface area contributed by atoms with Crippen LogP contribution in [0.5, 0.6) is 0 Å². The highest BCUT2D eigenvalue weighted by molar-refractivity contribution is 7.91. The van der Waals surface area contributed by atoms with Crippen molar-refractivity contribution in [3.63, 3.8) is 0 Å². The van der Waals surface area contributed by atoms with Gasteiger partial charge in [-0.25, -0.2) is 8.42 Å². The Bertz CT molecular complexity index is 799. The van der Waals surface area contributed by atoms with Gasteiger partial charge in [0.05, 0.1) is 26.9 Å². The number of nitro benzene ring substituents is 2. The van der Waals surface area contributed by atoms with E-state index in [1.165, 1.54) is 18.9 Å². The third kappa shape index (κ3) is 3.35. The molecule has 1 fully saturated rings. The van der Waals surface area contributed by atoms with Crippen molar-refractivity contribution in [2.75, 3.05) is 18.6 Å². The Hall–Kier alpha value is -2.56. The number of sulfone groups is 1. The average molecular weight is 357 g/mol. The number of benzene rings is 1. The van der Waals surface area contributed by atoms with Gasteiger partial charge >= 0.3 is 0 Å². The summed E-state index contributed by atoms with van der Waals surface area (Å²) >= 11 is 0. The Balaban J connectivity index is 2.42. The van der Waals surface area contributed by atoms with E-state index >= 15 is 0 Å².